The molecule has 5 fully saturated rings. The van der Waals surface area contributed by atoms with E-state index >= 15 is 17.6 Å². The number of rotatable bonds is 6. The molecule has 0 spiro atoms. The predicted octanol–water partition coefficient (Wildman–Crippen LogP) is 12.6. The molecule has 14 atom stereocenters. The fourth-order valence-electron chi connectivity index (χ4n) is 15.6. The molecule has 2 saturated heterocycles. The molecule has 2 unspecified atom stereocenters. The van der Waals surface area contributed by atoms with E-state index in [0.29, 0.717) is 79.3 Å². The Morgan fingerprint density at radius 2 is 1.03 bits per heavy atom. The van der Waals surface area contributed by atoms with Crippen LogP contribution < -0.4 is 18.9 Å². The van der Waals surface area contributed by atoms with Crippen molar-refractivity contribution in [2.24, 2.45) is 58.2 Å². The fourth-order valence-corrected chi connectivity index (χ4v) is 15.6. The molecule has 6 heterocycles. The van der Waals surface area contributed by atoms with E-state index < -0.39 is 118 Å². The standard InChI is InChI=1S/C35H44F2N3O6.C35H46F2N3O6.2V/c1-6-21-27(18-41)40-17-29(21)46-32-31(38-25-11-10-20(44-5)15-26(25)39-32)35(36,37)12-8-7-9-22-23-13-19(23)14-28(22)45-30(42)16-24(33(40)43)34(2,3)4;1-7-23-27(20-41)40-19-28(23)45-31-30(38-25-14-13-22(44-6)17-26(25)39-31)35(36,37)16-9-8-11-21-12-10-15-34(21,5)46-29(42)18-24(32(40)43)33(2,3)4;;/h10-11,15,19,21-24,27-29H,6-9,12-14,16-17H2,1-5H3;13-14,17,21,23-24,27-28H,7-12,15-16,18-19H2,1-6H3;;/q2*-1;;/t19?,21-,22+,23?,24+,27+,28+,29-;21-,23+,24-,27-,28+,34-;;/m01../s1. The molecule has 4 aromatic rings. The minimum Gasteiger partial charge on any atom is -0.540 e. The smallest absolute Gasteiger partial charge is 0.307 e. The van der Waals surface area contributed by atoms with E-state index in [2.05, 4.69) is 19.9 Å². The van der Waals surface area contributed by atoms with Crippen molar-refractivity contribution < 1.29 is 112 Å². The summed E-state index contributed by atoms with van der Waals surface area (Å²) >= 11 is 0. The van der Waals surface area contributed by atoms with E-state index in [0.717, 1.165) is 25.7 Å². The van der Waals surface area contributed by atoms with E-state index in [1.807, 2.05) is 74.9 Å². The van der Waals surface area contributed by atoms with Crippen molar-refractivity contribution in [3.05, 3.63) is 47.8 Å². The summed E-state index contributed by atoms with van der Waals surface area (Å²) in [6.07, 6.45) is 8.90. The molecule has 512 valence electrons. The van der Waals surface area contributed by atoms with Crippen LogP contribution in [-0.4, -0.2) is 129 Å². The molecule has 0 N–H and O–H groups in total. The third kappa shape index (κ3) is 15.7. The molecule has 3 aliphatic carbocycles. The van der Waals surface area contributed by atoms with Gasteiger partial charge in [0.2, 0.25) is 23.6 Å². The second-order valence-electron chi connectivity index (χ2n) is 29.1. The SMILES string of the molecule is CC[C@@H]1[C@@H]2CN(C(=O)[C@H](C(C)(C)C)CC(=O)O[C@@H]3CC4CC4[C@H]3CCCCC(F)(F)c3nc4ccc(OC)cc4nc3O2)[C@@H]1[C-]=O.CC[C@@H]1[C@@H]2CN(C(=O)[C@H](C(C)(C)C)CC(=O)O[C@]3(C)CCC[C@H]3CCCCC(F)(F)c3nc4ccc(OC)cc4nc3O2)[C@@H]1[C-]=O.[V].[V]. The summed E-state index contributed by atoms with van der Waals surface area (Å²) in [5, 5.41) is 0. The number of nitrogens with zero attached hydrogens (tertiary/aromatic N) is 6. The molecule has 4 aliphatic heterocycles. The summed E-state index contributed by atoms with van der Waals surface area (Å²) in [5.74, 6) is -9.60. The Morgan fingerprint density at radius 3 is 1.48 bits per heavy atom. The maximum Gasteiger partial charge on any atom is 0.307 e. The molecule has 2 aromatic heterocycles. The Labute approximate surface area is 572 Å². The number of hydrogen-bond donors (Lipinski definition) is 0. The van der Waals surface area contributed by atoms with Gasteiger partial charge in [-0.2, -0.15) is 17.6 Å². The first kappa shape index (κ1) is 74.2. The van der Waals surface area contributed by atoms with E-state index in [-0.39, 0.29) is 123 Å². The van der Waals surface area contributed by atoms with Gasteiger partial charge in [0.05, 0.1) is 74.1 Å². The number of benzene rings is 2. The molecule has 7 aliphatic rings. The van der Waals surface area contributed by atoms with Crippen LogP contribution in [0.4, 0.5) is 17.6 Å². The number of alkyl halides is 4. The van der Waals surface area contributed by atoms with Gasteiger partial charge < -0.3 is 47.8 Å². The third-order valence-corrected chi connectivity index (χ3v) is 21.1. The van der Waals surface area contributed by atoms with Gasteiger partial charge in [-0.3, -0.25) is 19.2 Å². The zero-order chi connectivity index (χ0) is 66.4. The maximum atomic E-state index is 16.1. The van der Waals surface area contributed by atoms with E-state index in [9.17, 15) is 28.8 Å². The number of amides is 2. The predicted molar refractivity (Wildman–Crippen MR) is 332 cm³/mol. The number of carbonyl (C=O) groups excluding carboxylic acids is 6. The molecule has 94 heavy (non-hydrogen) atoms. The van der Waals surface area contributed by atoms with Crippen LogP contribution in [0.15, 0.2) is 36.4 Å². The van der Waals surface area contributed by atoms with Crippen LogP contribution in [0, 0.1) is 58.2 Å². The second-order valence-corrected chi connectivity index (χ2v) is 29.1. The van der Waals surface area contributed by atoms with E-state index in [1.165, 1.54) is 24.0 Å². The fraction of sp³-hybridized carbons (Fsp3) is 0.686. The first-order valence-electron chi connectivity index (χ1n) is 33.1. The van der Waals surface area contributed by atoms with Gasteiger partial charge in [0, 0.05) is 62.1 Å². The molecule has 3 saturated carbocycles. The second kappa shape index (κ2) is 29.6. The van der Waals surface area contributed by atoms with Crippen molar-refractivity contribution in [1.82, 2.24) is 29.7 Å². The number of carbonyl (C=O) groups is 4. The number of fused-ring (bicyclic) bond motifs is 12. The minimum absolute atomic E-state index is 0. The van der Waals surface area contributed by atoms with Crippen molar-refractivity contribution in [3.8, 4) is 23.3 Å². The van der Waals surface area contributed by atoms with Crippen LogP contribution in [0.25, 0.3) is 22.1 Å². The number of methoxy groups -OCH3 is 2. The van der Waals surface area contributed by atoms with Crippen LogP contribution in [0.3, 0.4) is 0 Å². The van der Waals surface area contributed by atoms with Gasteiger partial charge in [0.25, 0.3) is 11.8 Å². The Balaban J connectivity index is 0.000000236. The topological polar surface area (TPSA) is 216 Å². The van der Waals surface area contributed by atoms with Gasteiger partial charge >= 0.3 is 11.9 Å². The maximum absolute atomic E-state index is 16.1. The van der Waals surface area contributed by atoms with Gasteiger partial charge in [-0.25, -0.2) is 32.5 Å². The van der Waals surface area contributed by atoms with E-state index in [4.69, 9.17) is 28.4 Å². The van der Waals surface area contributed by atoms with Crippen LogP contribution >= 0.6 is 0 Å². The molecular weight excluding hydrogens is 1290 g/mol. The molecule has 2 radical (unpaired) electrons. The molecule has 2 aromatic carbocycles. The minimum atomic E-state index is -3.36. The molecule has 18 nitrogen and oxygen atoms in total. The molecule has 11 rings (SSSR count). The van der Waals surface area contributed by atoms with Crippen LogP contribution in [0.1, 0.15) is 183 Å². The van der Waals surface area contributed by atoms with Crippen molar-refractivity contribution in [2.75, 3.05) is 27.3 Å². The Hall–Kier alpha value is -5.57. The average molecular weight is 1390 g/mol. The number of aromatic nitrogens is 4. The molecule has 2 amide bonds. The first-order chi connectivity index (χ1) is 43.5. The Kier molecular flexibility index (Phi) is 23.4. The zero-order valence-electron chi connectivity index (χ0n) is 55.9. The summed E-state index contributed by atoms with van der Waals surface area (Å²) < 4.78 is 99.8. The monoisotopic (exact) mass is 1380 g/mol. The summed E-state index contributed by atoms with van der Waals surface area (Å²) in [4.78, 5) is 101. The molecular formula is C70H90F4N6O12V2-2. The van der Waals surface area contributed by atoms with Gasteiger partial charge in [0.15, 0.2) is 11.4 Å². The number of halogens is 4. The van der Waals surface area contributed by atoms with Crippen LogP contribution in [-0.2, 0) is 87.2 Å². The normalized spacial score (nSPS) is 31.3. The number of esters is 2. The Bertz CT molecular complexity index is 3300. The molecule has 4 bridgehead atoms. The van der Waals surface area contributed by atoms with Crippen molar-refractivity contribution in [2.45, 2.75) is 219 Å². The quantitative estimate of drug-likeness (QED) is 0.0996. The van der Waals surface area contributed by atoms with Gasteiger partial charge in [0.1, 0.15) is 35.4 Å². The Morgan fingerprint density at radius 1 is 0.574 bits per heavy atom. The molecule has 24 heteroatoms. The van der Waals surface area contributed by atoms with Gasteiger partial charge in [-0.05, 0) is 135 Å². The average Bonchev–Trinajstić information content (AvgIpc) is 1.48. The summed E-state index contributed by atoms with van der Waals surface area (Å²) in [5.41, 5.74) is -1.91. The van der Waals surface area contributed by atoms with Crippen molar-refractivity contribution in [1.29, 1.82) is 0 Å². The largest absolute Gasteiger partial charge is 0.540 e. The van der Waals surface area contributed by atoms with E-state index in [1.54, 1.807) is 36.4 Å². The van der Waals surface area contributed by atoms with Crippen molar-refractivity contribution in [3.63, 3.8) is 0 Å². The first-order valence-corrected chi connectivity index (χ1v) is 33.1. The number of hydrogen-bond acceptors (Lipinski definition) is 16. The van der Waals surface area contributed by atoms with Gasteiger partial charge in [-0.1, -0.05) is 93.2 Å². The summed E-state index contributed by atoms with van der Waals surface area (Å²) in [6, 6.07) is 7.70. The third-order valence-electron chi connectivity index (χ3n) is 21.1. The zero-order valence-corrected chi connectivity index (χ0v) is 58.7. The van der Waals surface area contributed by atoms with Crippen LogP contribution in [0.2, 0.25) is 0 Å². The number of ether oxygens (including phenoxy) is 6. The summed E-state index contributed by atoms with van der Waals surface area (Å²) in [6.45, 7) is 16.8. The van der Waals surface area contributed by atoms with Gasteiger partial charge in [-0.15, -0.1) is 0 Å². The summed E-state index contributed by atoms with van der Waals surface area (Å²) in [7, 11) is 3.00. The van der Waals surface area contributed by atoms with Crippen LogP contribution in [0.5, 0.6) is 23.3 Å². The van der Waals surface area contributed by atoms with Crippen molar-refractivity contribution >= 4 is 58.4 Å².